The van der Waals surface area contributed by atoms with Gasteiger partial charge in [-0.05, 0) is 43.5 Å². The molecule has 1 saturated heterocycles. The van der Waals surface area contributed by atoms with E-state index in [1.165, 1.54) is 9.80 Å². The van der Waals surface area contributed by atoms with E-state index in [9.17, 15) is 9.59 Å². The average Bonchev–Trinajstić information content (AvgIpc) is 3.26. The molecule has 3 amide bonds. The number of carbonyl (C=O) groups is 2. The molecule has 1 aromatic heterocycles. The van der Waals surface area contributed by atoms with Gasteiger partial charge in [0.05, 0.1) is 6.61 Å². The van der Waals surface area contributed by atoms with E-state index in [0.717, 1.165) is 24.8 Å². The van der Waals surface area contributed by atoms with Crippen LogP contribution in [0.25, 0.3) is 11.4 Å². The van der Waals surface area contributed by atoms with Crippen LogP contribution in [0.4, 0.5) is 4.79 Å². The molecule has 1 aliphatic rings. The van der Waals surface area contributed by atoms with Crippen molar-refractivity contribution in [3.05, 3.63) is 35.2 Å². The maximum Gasteiger partial charge on any atom is 0.320 e. The highest BCUT2D eigenvalue weighted by atomic mass is 35.5. The van der Waals surface area contributed by atoms with E-state index in [-0.39, 0.29) is 24.5 Å². The van der Waals surface area contributed by atoms with E-state index in [4.69, 9.17) is 20.9 Å². The zero-order chi connectivity index (χ0) is 22.4. The van der Waals surface area contributed by atoms with Gasteiger partial charge >= 0.3 is 6.03 Å². The van der Waals surface area contributed by atoms with Gasteiger partial charge in [-0.2, -0.15) is 4.98 Å². The summed E-state index contributed by atoms with van der Waals surface area (Å²) in [4.78, 5) is 34.9. The lowest BCUT2D eigenvalue weighted by atomic mass is 10.0. The van der Waals surface area contributed by atoms with Gasteiger partial charge < -0.3 is 24.0 Å². The Morgan fingerprint density at radius 2 is 2.00 bits per heavy atom. The molecule has 1 atom stereocenters. The van der Waals surface area contributed by atoms with Crippen LogP contribution in [-0.2, 0) is 9.53 Å². The number of halogens is 1. The minimum absolute atomic E-state index is 0.0327. The Hall–Kier alpha value is -2.65. The van der Waals surface area contributed by atoms with Crippen molar-refractivity contribution < 1.29 is 18.8 Å². The lowest BCUT2D eigenvalue weighted by Crippen LogP contribution is -2.49. The summed E-state index contributed by atoms with van der Waals surface area (Å²) in [5.41, 5.74) is 0.787. The number of methoxy groups -OCH3 is 1. The first-order valence-electron chi connectivity index (χ1n) is 10.2. The molecule has 2 heterocycles. The van der Waals surface area contributed by atoms with Crippen LogP contribution < -0.4 is 0 Å². The van der Waals surface area contributed by atoms with Crippen molar-refractivity contribution in [2.45, 2.75) is 25.3 Å². The first-order chi connectivity index (χ1) is 14.9. The Morgan fingerprint density at radius 3 is 2.68 bits per heavy atom. The normalized spacial score (nSPS) is 16.3. The summed E-state index contributed by atoms with van der Waals surface area (Å²) in [6, 6.07) is 6.62. The average molecular weight is 450 g/mol. The maximum absolute atomic E-state index is 13.2. The maximum atomic E-state index is 13.2. The van der Waals surface area contributed by atoms with E-state index in [1.807, 2.05) is 12.1 Å². The molecular weight excluding hydrogens is 422 g/mol. The van der Waals surface area contributed by atoms with E-state index < -0.39 is 0 Å². The predicted octanol–water partition coefficient (Wildman–Crippen LogP) is 3.07. The van der Waals surface area contributed by atoms with Gasteiger partial charge in [0.15, 0.2) is 0 Å². The van der Waals surface area contributed by atoms with Gasteiger partial charge in [-0.25, -0.2) is 4.79 Å². The smallest absolute Gasteiger partial charge is 0.320 e. The molecule has 10 heteroatoms. The molecule has 168 valence electrons. The molecule has 0 bridgehead atoms. The number of likely N-dealkylation sites (tertiary alicyclic amines) is 1. The van der Waals surface area contributed by atoms with E-state index >= 15 is 0 Å². The van der Waals surface area contributed by atoms with Crippen LogP contribution in [-0.4, -0.2) is 84.2 Å². The van der Waals surface area contributed by atoms with E-state index in [2.05, 4.69) is 10.1 Å². The number of nitrogens with zero attached hydrogens (tertiary/aromatic N) is 5. The monoisotopic (exact) mass is 449 g/mol. The summed E-state index contributed by atoms with van der Waals surface area (Å²) in [5.74, 6) is 0.705. The fourth-order valence-corrected chi connectivity index (χ4v) is 3.68. The fraction of sp³-hybridized carbons (Fsp3) is 0.524. The van der Waals surface area contributed by atoms with Crippen LogP contribution in [0.1, 0.15) is 31.2 Å². The Labute approximate surface area is 186 Å². The Kier molecular flexibility index (Phi) is 7.86. The van der Waals surface area contributed by atoms with Crippen molar-refractivity contribution in [2.75, 3.05) is 47.4 Å². The van der Waals surface area contributed by atoms with Gasteiger partial charge in [-0.1, -0.05) is 16.8 Å². The minimum Gasteiger partial charge on any atom is -0.383 e. The number of piperidine rings is 1. The molecule has 2 aromatic rings. The zero-order valence-electron chi connectivity index (χ0n) is 18.1. The van der Waals surface area contributed by atoms with Crippen LogP contribution in [0.5, 0.6) is 0 Å². The Bertz CT molecular complexity index is 886. The third-order valence-electron chi connectivity index (χ3n) is 5.20. The molecular formula is C21H28ClN5O4. The van der Waals surface area contributed by atoms with Gasteiger partial charge in [0.1, 0.15) is 12.6 Å². The molecule has 0 spiro atoms. The highest BCUT2D eigenvalue weighted by Gasteiger charge is 2.33. The first kappa shape index (κ1) is 23.0. The van der Waals surface area contributed by atoms with Crippen LogP contribution in [0, 0.1) is 0 Å². The summed E-state index contributed by atoms with van der Waals surface area (Å²) < 4.78 is 10.6. The second-order valence-electron chi connectivity index (χ2n) is 7.65. The van der Waals surface area contributed by atoms with Crippen molar-refractivity contribution in [1.82, 2.24) is 24.8 Å². The number of rotatable bonds is 7. The number of urea groups is 1. The summed E-state index contributed by atoms with van der Waals surface area (Å²) in [6.45, 7) is 1.23. The second-order valence-corrected chi connectivity index (χ2v) is 8.09. The largest absolute Gasteiger partial charge is 0.383 e. The molecule has 0 saturated carbocycles. The summed E-state index contributed by atoms with van der Waals surface area (Å²) in [5, 5.41) is 4.71. The van der Waals surface area contributed by atoms with Crippen LogP contribution in [0.3, 0.4) is 0 Å². The highest BCUT2D eigenvalue weighted by Crippen LogP contribution is 2.31. The minimum atomic E-state index is -0.312. The molecule has 31 heavy (non-hydrogen) atoms. The molecule has 1 unspecified atom stereocenters. The zero-order valence-corrected chi connectivity index (χ0v) is 18.8. The van der Waals surface area contributed by atoms with Crippen molar-refractivity contribution in [3.8, 4) is 11.4 Å². The quantitative estimate of drug-likeness (QED) is 0.645. The number of ether oxygens (including phenoxy) is 1. The standard InChI is InChI=1S/C21H28ClN5O4/c1-25(2)21(29)26(12-13-30-3)14-18(28)27-11-5-4-6-17(27)20-23-19(24-31-20)15-7-9-16(22)10-8-15/h7-10,17H,4-6,11-14H2,1-3H3. The summed E-state index contributed by atoms with van der Waals surface area (Å²) in [7, 11) is 4.88. The van der Waals surface area contributed by atoms with Gasteiger partial charge in [0.2, 0.25) is 17.6 Å². The topological polar surface area (TPSA) is 92.0 Å². The Morgan fingerprint density at radius 1 is 1.26 bits per heavy atom. The highest BCUT2D eigenvalue weighted by molar-refractivity contribution is 6.30. The second kappa shape index (κ2) is 10.6. The van der Waals surface area contributed by atoms with E-state index in [1.54, 1.807) is 38.2 Å². The van der Waals surface area contributed by atoms with Crippen molar-refractivity contribution >= 4 is 23.5 Å². The predicted molar refractivity (Wildman–Crippen MR) is 116 cm³/mol. The summed E-state index contributed by atoms with van der Waals surface area (Å²) >= 11 is 5.95. The van der Waals surface area contributed by atoms with Gasteiger partial charge in [0, 0.05) is 44.9 Å². The number of benzene rings is 1. The van der Waals surface area contributed by atoms with Gasteiger partial charge in [-0.15, -0.1) is 0 Å². The number of aromatic nitrogens is 2. The number of amides is 3. The SMILES string of the molecule is COCCN(CC(=O)N1CCCCC1c1nc(-c2ccc(Cl)cc2)no1)C(=O)N(C)C. The lowest BCUT2D eigenvalue weighted by Gasteiger charge is -2.35. The van der Waals surface area contributed by atoms with E-state index in [0.29, 0.717) is 36.4 Å². The lowest BCUT2D eigenvalue weighted by molar-refractivity contribution is -0.136. The molecule has 0 radical (unpaired) electrons. The van der Waals surface area contributed by atoms with Crippen molar-refractivity contribution in [3.63, 3.8) is 0 Å². The molecule has 0 N–H and O–H groups in total. The van der Waals surface area contributed by atoms with Crippen molar-refractivity contribution in [2.24, 2.45) is 0 Å². The summed E-state index contributed by atoms with van der Waals surface area (Å²) in [6.07, 6.45) is 2.57. The molecule has 0 aliphatic carbocycles. The molecule has 1 fully saturated rings. The molecule has 1 aromatic carbocycles. The number of carbonyl (C=O) groups excluding carboxylic acids is 2. The molecule has 9 nitrogen and oxygen atoms in total. The van der Waals surface area contributed by atoms with Gasteiger partial charge in [-0.3, -0.25) is 4.79 Å². The molecule has 3 rings (SSSR count). The third kappa shape index (κ3) is 5.74. The first-order valence-corrected chi connectivity index (χ1v) is 10.6. The fourth-order valence-electron chi connectivity index (χ4n) is 3.55. The third-order valence-corrected chi connectivity index (χ3v) is 5.45. The number of hydrogen-bond donors (Lipinski definition) is 0. The van der Waals surface area contributed by atoms with Gasteiger partial charge in [0.25, 0.3) is 0 Å². The molecule has 1 aliphatic heterocycles. The van der Waals surface area contributed by atoms with Crippen LogP contribution in [0.15, 0.2) is 28.8 Å². The Balaban J connectivity index is 1.76. The van der Waals surface area contributed by atoms with Crippen molar-refractivity contribution in [1.29, 1.82) is 0 Å². The van der Waals surface area contributed by atoms with Crippen LogP contribution in [0.2, 0.25) is 5.02 Å². The van der Waals surface area contributed by atoms with Crippen LogP contribution >= 0.6 is 11.6 Å². The number of hydrogen-bond acceptors (Lipinski definition) is 6.